The van der Waals surface area contributed by atoms with E-state index in [1.807, 2.05) is 0 Å². The maximum Gasteiger partial charge on any atom is 0.360 e. The minimum absolute atomic E-state index is 0.220. The summed E-state index contributed by atoms with van der Waals surface area (Å²) >= 11 is 0. The summed E-state index contributed by atoms with van der Waals surface area (Å²) in [6, 6.07) is 0.776. The Morgan fingerprint density at radius 2 is 2.33 bits per heavy atom. The van der Waals surface area contributed by atoms with Gasteiger partial charge in [-0.15, -0.1) is 0 Å². The van der Waals surface area contributed by atoms with Crippen LogP contribution < -0.4 is 5.32 Å². The van der Waals surface area contributed by atoms with Crippen LogP contribution in [0.25, 0.3) is 0 Å². The molecule has 0 spiro atoms. The van der Waals surface area contributed by atoms with Gasteiger partial charge in [-0.1, -0.05) is 13.8 Å². The topological polar surface area (TPSA) is 64.4 Å². The lowest BCUT2D eigenvalue weighted by atomic mass is 9.98. The highest BCUT2D eigenvalue weighted by atomic mass is 16.5. The SMILES string of the molecule is CCOC(=O)c1coc(NC2CCC(C)C2C)n1. The summed E-state index contributed by atoms with van der Waals surface area (Å²) in [4.78, 5) is 15.5. The second-order valence-corrected chi connectivity index (χ2v) is 4.92. The van der Waals surface area contributed by atoms with Crippen LogP contribution in [0.5, 0.6) is 0 Å². The lowest BCUT2D eigenvalue weighted by molar-refractivity contribution is 0.0519. The Kier molecular flexibility index (Phi) is 3.89. The van der Waals surface area contributed by atoms with E-state index >= 15 is 0 Å². The van der Waals surface area contributed by atoms with E-state index in [1.165, 1.54) is 12.7 Å². The number of carbonyl (C=O) groups is 1. The molecule has 5 heteroatoms. The van der Waals surface area contributed by atoms with Gasteiger partial charge in [-0.2, -0.15) is 4.98 Å². The standard InChI is InChI=1S/C13H20N2O3/c1-4-17-12(16)11-7-18-13(15-11)14-10-6-5-8(2)9(10)3/h7-10H,4-6H2,1-3H3,(H,14,15). The van der Waals surface area contributed by atoms with Crippen LogP contribution in [-0.4, -0.2) is 23.6 Å². The van der Waals surface area contributed by atoms with Crippen LogP contribution in [0, 0.1) is 11.8 Å². The predicted octanol–water partition coefficient (Wildman–Crippen LogP) is 2.70. The maximum atomic E-state index is 11.4. The molecule has 0 saturated heterocycles. The fourth-order valence-corrected chi connectivity index (χ4v) is 2.37. The number of nitrogens with zero attached hydrogens (tertiary/aromatic N) is 1. The molecule has 0 radical (unpaired) electrons. The largest absolute Gasteiger partial charge is 0.461 e. The zero-order valence-electron chi connectivity index (χ0n) is 11.1. The Morgan fingerprint density at radius 1 is 1.56 bits per heavy atom. The molecule has 5 nitrogen and oxygen atoms in total. The molecule has 3 atom stereocenters. The summed E-state index contributed by atoms with van der Waals surface area (Å²) < 4.78 is 10.1. The number of aromatic nitrogens is 1. The number of hydrogen-bond acceptors (Lipinski definition) is 5. The van der Waals surface area contributed by atoms with Crippen LogP contribution >= 0.6 is 0 Å². The smallest absolute Gasteiger partial charge is 0.360 e. The molecule has 1 aliphatic carbocycles. The van der Waals surface area contributed by atoms with Crippen molar-refractivity contribution in [2.24, 2.45) is 11.8 Å². The number of esters is 1. The van der Waals surface area contributed by atoms with Crippen LogP contribution in [0.1, 0.15) is 44.1 Å². The summed E-state index contributed by atoms with van der Waals surface area (Å²) in [7, 11) is 0. The van der Waals surface area contributed by atoms with Crippen molar-refractivity contribution in [3.63, 3.8) is 0 Å². The fourth-order valence-electron chi connectivity index (χ4n) is 2.37. The van der Waals surface area contributed by atoms with Crippen molar-refractivity contribution >= 4 is 12.0 Å². The fraction of sp³-hybridized carbons (Fsp3) is 0.692. The van der Waals surface area contributed by atoms with Gasteiger partial charge in [0, 0.05) is 6.04 Å². The molecule has 2 rings (SSSR count). The molecule has 1 aromatic heterocycles. The number of oxazole rings is 1. The van der Waals surface area contributed by atoms with E-state index in [2.05, 4.69) is 24.1 Å². The van der Waals surface area contributed by atoms with Gasteiger partial charge in [0.1, 0.15) is 6.26 Å². The van der Waals surface area contributed by atoms with Crippen molar-refractivity contribution in [2.45, 2.75) is 39.7 Å². The second kappa shape index (κ2) is 5.42. The number of anilines is 1. The Labute approximate surface area is 107 Å². The van der Waals surface area contributed by atoms with Gasteiger partial charge in [0.2, 0.25) is 0 Å². The van der Waals surface area contributed by atoms with E-state index < -0.39 is 5.97 Å². The van der Waals surface area contributed by atoms with Crippen molar-refractivity contribution in [2.75, 3.05) is 11.9 Å². The number of ether oxygens (including phenoxy) is 1. The first-order valence-corrected chi connectivity index (χ1v) is 6.51. The summed E-state index contributed by atoms with van der Waals surface area (Å²) in [6.07, 6.45) is 3.66. The normalized spacial score (nSPS) is 27.2. The van der Waals surface area contributed by atoms with Crippen LogP contribution in [0.2, 0.25) is 0 Å². The van der Waals surface area contributed by atoms with Crippen LogP contribution in [-0.2, 0) is 4.74 Å². The van der Waals surface area contributed by atoms with E-state index in [-0.39, 0.29) is 5.69 Å². The minimum atomic E-state index is -0.442. The minimum Gasteiger partial charge on any atom is -0.461 e. The van der Waals surface area contributed by atoms with E-state index in [1.54, 1.807) is 6.92 Å². The second-order valence-electron chi connectivity index (χ2n) is 4.92. The number of carbonyl (C=O) groups excluding carboxylic acids is 1. The summed E-state index contributed by atoms with van der Waals surface area (Å²) in [6.45, 7) is 6.58. The number of nitrogens with one attached hydrogen (secondary N) is 1. The van der Waals surface area contributed by atoms with Gasteiger partial charge in [0.25, 0.3) is 6.01 Å². The zero-order chi connectivity index (χ0) is 13.1. The average Bonchev–Trinajstić information content (AvgIpc) is 2.92. The molecule has 1 aromatic rings. The van der Waals surface area contributed by atoms with E-state index in [4.69, 9.17) is 9.15 Å². The molecule has 1 heterocycles. The van der Waals surface area contributed by atoms with E-state index in [0.717, 1.165) is 6.42 Å². The Balaban J connectivity index is 1.96. The first-order valence-electron chi connectivity index (χ1n) is 6.51. The van der Waals surface area contributed by atoms with Gasteiger partial charge < -0.3 is 14.5 Å². The summed E-state index contributed by atoms with van der Waals surface area (Å²) in [5, 5.41) is 3.25. The molecule has 3 unspecified atom stereocenters. The molecule has 0 aromatic carbocycles. The Morgan fingerprint density at radius 3 is 2.94 bits per heavy atom. The van der Waals surface area contributed by atoms with Gasteiger partial charge in [0.15, 0.2) is 5.69 Å². The van der Waals surface area contributed by atoms with Gasteiger partial charge in [-0.05, 0) is 31.6 Å². The zero-order valence-corrected chi connectivity index (χ0v) is 11.1. The Bertz CT molecular complexity index is 416. The van der Waals surface area contributed by atoms with Crippen LogP contribution in [0.3, 0.4) is 0 Å². The first-order chi connectivity index (χ1) is 8.61. The molecular formula is C13H20N2O3. The molecule has 100 valence electrons. The average molecular weight is 252 g/mol. The van der Waals surface area contributed by atoms with Crippen molar-refractivity contribution < 1.29 is 13.9 Å². The number of rotatable bonds is 4. The molecule has 0 bridgehead atoms. The Hall–Kier alpha value is -1.52. The van der Waals surface area contributed by atoms with Crippen molar-refractivity contribution in [3.05, 3.63) is 12.0 Å². The molecule has 1 saturated carbocycles. The van der Waals surface area contributed by atoms with E-state index in [0.29, 0.717) is 30.5 Å². The van der Waals surface area contributed by atoms with Crippen LogP contribution in [0.4, 0.5) is 6.01 Å². The third kappa shape index (κ3) is 2.66. The van der Waals surface area contributed by atoms with Gasteiger partial charge in [0.05, 0.1) is 6.61 Å². The summed E-state index contributed by atoms with van der Waals surface area (Å²) in [5.74, 6) is 0.854. The molecule has 1 aliphatic rings. The summed E-state index contributed by atoms with van der Waals surface area (Å²) in [5.41, 5.74) is 0.220. The molecule has 1 N–H and O–H groups in total. The molecule has 0 amide bonds. The van der Waals surface area contributed by atoms with Crippen molar-refractivity contribution in [1.82, 2.24) is 4.98 Å². The molecule has 1 fully saturated rings. The van der Waals surface area contributed by atoms with Crippen molar-refractivity contribution in [3.8, 4) is 0 Å². The highest BCUT2D eigenvalue weighted by Crippen LogP contribution is 2.33. The lowest BCUT2D eigenvalue weighted by Gasteiger charge is -2.18. The highest BCUT2D eigenvalue weighted by molar-refractivity contribution is 5.87. The third-order valence-corrected chi connectivity index (χ3v) is 3.76. The molecular weight excluding hydrogens is 232 g/mol. The van der Waals surface area contributed by atoms with Gasteiger partial charge in [-0.25, -0.2) is 4.79 Å². The molecule has 0 aliphatic heterocycles. The quantitative estimate of drug-likeness (QED) is 0.835. The first kappa shape index (κ1) is 12.9. The van der Waals surface area contributed by atoms with Gasteiger partial charge >= 0.3 is 5.97 Å². The van der Waals surface area contributed by atoms with Crippen LogP contribution in [0.15, 0.2) is 10.7 Å². The third-order valence-electron chi connectivity index (χ3n) is 3.76. The lowest BCUT2D eigenvalue weighted by Crippen LogP contribution is -2.24. The predicted molar refractivity (Wildman–Crippen MR) is 67.4 cm³/mol. The van der Waals surface area contributed by atoms with Gasteiger partial charge in [-0.3, -0.25) is 0 Å². The van der Waals surface area contributed by atoms with E-state index in [9.17, 15) is 4.79 Å². The highest BCUT2D eigenvalue weighted by Gasteiger charge is 2.30. The number of hydrogen-bond donors (Lipinski definition) is 1. The van der Waals surface area contributed by atoms with Crippen molar-refractivity contribution in [1.29, 1.82) is 0 Å². The molecule has 18 heavy (non-hydrogen) atoms. The maximum absolute atomic E-state index is 11.4. The monoisotopic (exact) mass is 252 g/mol.